The predicted molar refractivity (Wildman–Crippen MR) is 97.3 cm³/mol. The summed E-state index contributed by atoms with van der Waals surface area (Å²) in [5.74, 6) is 0.940. The van der Waals surface area contributed by atoms with E-state index in [-0.39, 0.29) is 12.5 Å². The Labute approximate surface area is 155 Å². The van der Waals surface area contributed by atoms with Crippen molar-refractivity contribution in [2.75, 3.05) is 45.8 Å². The number of nitrogens with zero attached hydrogens (tertiary/aromatic N) is 6. The molecule has 0 aliphatic carbocycles. The molecular formula is C18H30N6O2. The number of aromatic nitrogens is 3. The van der Waals surface area contributed by atoms with Gasteiger partial charge < -0.3 is 14.7 Å². The van der Waals surface area contributed by atoms with E-state index in [0.29, 0.717) is 18.2 Å². The fourth-order valence-electron chi connectivity index (χ4n) is 3.82. The molecule has 0 atom stereocenters. The average molecular weight is 362 g/mol. The van der Waals surface area contributed by atoms with Gasteiger partial charge in [0.1, 0.15) is 19.2 Å². The number of hydrogen-bond acceptors (Lipinski definition) is 5. The van der Waals surface area contributed by atoms with Gasteiger partial charge in [0.15, 0.2) is 0 Å². The van der Waals surface area contributed by atoms with E-state index in [1.807, 2.05) is 9.80 Å². The Morgan fingerprint density at radius 3 is 2.31 bits per heavy atom. The Morgan fingerprint density at radius 1 is 1.00 bits per heavy atom. The number of hydrogen-bond donors (Lipinski definition) is 0. The number of likely N-dealkylation sites (tertiary alicyclic amines) is 1. The van der Waals surface area contributed by atoms with E-state index in [0.717, 1.165) is 65.1 Å². The lowest BCUT2D eigenvalue weighted by atomic mass is 9.92. The molecule has 1 aromatic heterocycles. The van der Waals surface area contributed by atoms with Crippen LogP contribution in [0.1, 0.15) is 32.6 Å². The molecule has 0 radical (unpaired) electrons. The molecule has 2 aliphatic heterocycles. The first kappa shape index (κ1) is 18.8. The summed E-state index contributed by atoms with van der Waals surface area (Å²) in [6.45, 7) is 8.76. The summed E-state index contributed by atoms with van der Waals surface area (Å²) in [4.78, 5) is 34.9. The smallest absolute Gasteiger partial charge is 0.244 e. The van der Waals surface area contributed by atoms with E-state index < -0.39 is 0 Å². The van der Waals surface area contributed by atoms with Gasteiger partial charge in [0.05, 0.1) is 0 Å². The van der Waals surface area contributed by atoms with Crippen LogP contribution in [0.25, 0.3) is 0 Å². The number of rotatable bonds is 6. The SMILES string of the molecule is CCN1CCN(C(=O)CCC2CCN(C(=O)Cn3cncn3)CC2)CC1. The van der Waals surface area contributed by atoms with E-state index in [2.05, 4.69) is 21.9 Å². The molecule has 2 fully saturated rings. The van der Waals surface area contributed by atoms with Gasteiger partial charge in [-0.2, -0.15) is 5.10 Å². The van der Waals surface area contributed by atoms with Crippen molar-refractivity contribution in [3.63, 3.8) is 0 Å². The van der Waals surface area contributed by atoms with E-state index in [1.165, 1.54) is 6.33 Å². The highest BCUT2D eigenvalue weighted by molar-refractivity contribution is 5.76. The number of carbonyl (C=O) groups is 2. The molecule has 2 saturated heterocycles. The van der Waals surface area contributed by atoms with Gasteiger partial charge in [-0.25, -0.2) is 9.67 Å². The molecule has 0 aromatic carbocycles. The van der Waals surface area contributed by atoms with Crippen LogP contribution in [0.15, 0.2) is 12.7 Å². The molecule has 0 spiro atoms. The van der Waals surface area contributed by atoms with Crippen LogP contribution in [0.4, 0.5) is 0 Å². The quantitative estimate of drug-likeness (QED) is 0.735. The van der Waals surface area contributed by atoms with Gasteiger partial charge in [0.2, 0.25) is 11.8 Å². The van der Waals surface area contributed by atoms with Crippen LogP contribution in [0.2, 0.25) is 0 Å². The van der Waals surface area contributed by atoms with Gasteiger partial charge in [-0.1, -0.05) is 6.92 Å². The van der Waals surface area contributed by atoms with Gasteiger partial charge in [0.25, 0.3) is 0 Å². The Kier molecular flexibility index (Phi) is 6.60. The van der Waals surface area contributed by atoms with Gasteiger partial charge in [0, 0.05) is 45.7 Å². The van der Waals surface area contributed by atoms with Gasteiger partial charge in [-0.15, -0.1) is 0 Å². The van der Waals surface area contributed by atoms with Crippen molar-refractivity contribution in [2.24, 2.45) is 5.92 Å². The van der Waals surface area contributed by atoms with Crippen LogP contribution in [0, 0.1) is 5.92 Å². The maximum Gasteiger partial charge on any atom is 0.244 e. The van der Waals surface area contributed by atoms with Gasteiger partial charge in [-0.05, 0) is 31.7 Å². The van der Waals surface area contributed by atoms with E-state index in [9.17, 15) is 9.59 Å². The third-order valence-electron chi connectivity index (χ3n) is 5.67. The minimum Gasteiger partial charge on any atom is -0.341 e. The highest BCUT2D eigenvalue weighted by Crippen LogP contribution is 2.22. The normalized spacial score (nSPS) is 19.7. The third kappa shape index (κ3) is 5.03. The van der Waals surface area contributed by atoms with Crippen molar-refractivity contribution in [3.05, 3.63) is 12.7 Å². The zero-order valence-corrected chi connectivity index (χ0v) is 15.7. The van der Waals surface area contributed by atoms with Crippen LogP contribution in [-0.2, 0) is 16.1 Å². The number of amides is 2. The Balaban J connectivity index is 1.34. The van der Waals surface area contributed by atoms with Crippen LogP contribution in [0.3, 0.4) is 0 Å². The van der Waals surface area contributed by atoms with Crippen molar-refractivity contribution < 1.29 is 9.59 Å². The Morgan fingerprint density at radius 2 is 1.69 bits per heavy atom. The van der Waals surface area contributed by atoms with Crippen molar-refractivity contribution in [2.45, 2.75) is 39.2 Å². The van der Waals surface area contributed by atoms with Crippen molar-refractivity contribution in [1.82, 2.24) is 29.5 Å². The first-order valence-electron chi connectivity index (χ1n) is 9.76. The van der Waals surface area contributed by atoms with Crippen LogP contribution < -0.4 is 0 Å². The zero-order valence-electron chi connectivity index (χ0n) is 15.7. The molecule has 1 aromatic rings. The molecule has 2 amide bonds. The molecule has 2 aliphatic rings. The lowest BCUT2D eigenvalue weighted by Crippen LogP contribution is -2.48. The van der Waals surface area contributed by atoms with Gasteiger partial charge in [-0.3, -0.25) is 9.59 Å². The second-order valence-electron chi connectivity index (χ2n) is 7.27. The largest absolute Gasteiger partial charge is 0.341 e. The van der Waals surface area contributed by atoms with Crippen molar-refractivity contribution in [3.8, 4) is 0 Å². The molecule has 8 nitrogen and oxygen atoms in total. The number of piperidine rings is 1. The van der Waals surface area contributed by atoms with Gasteiger partial charge >= 0.3 is 0 Å². The maximum absolute atomic E-state index is 12.4. The maximum atomic E-state index is 12.4. The summed E-state index contributed by atoms with van der Waals surface area (Å²) in [5, 5.41) is 3.98. The Bertz CT molecular complexity index is 575. The first-order chi connectivity index (χ1) is 12.7. The van der Waals surface area contributed by atoms with E-state index in [4.69, 9.17) is 0 Å². The van der Waals surface area contributed by atoms with Crippen LogP contribution in [-0.4, -0.2) is 87.1 Å². The molecule has 0 bridgehead atoms. The van der Waals surface area contributed by atoms with Crippen LogP contribution in [0.5, 0.6) is 0 Å². The average Bonchev–Trinajstić information content (AvgIpc) is 3.19. The summed E-state index contributed by atoms with van der Waals surface area (Å²) >= 11 is 0. The molecule has 144 valence electrons. The molecular weight excluding hydrogens is 332 g/mol. The third-order valence-corrected chi connectivity index (χ3v) is 5.67. The number of likely N-dealkylation sites (N-methyl/N-ethyl adjacent to an activating group) is 1. The summed E-state index contributed by atoms with van der Waals surface area (Å²) < 4.78 is 1.56. The molecule has 0 N–H and O–H groups in total. The van der Waals surface area contributed by atoms with Crippen LogP contribution >= 0.6 is 0 Å². The fraction of sp³-hybridized carbons (Fsp3) is 0.778. The first-order valence-corrected chi connectivity index (χ1v) is 9.76. The molecule has 26 heavy (non-hydrogen) atoms. The lowest BCUT2D eigenvalue weighted by molar-refractivity contribution is -0.135. The highest BCUT2D eigenvalue weighted by atomic mass is 16.2. The zero-order chi connectivity index (χ0) is 18.4. The molecule has 0 saturated carbocycles. The molecule has 3 rings (SSSR count). The van der Waals surface area contributed by atoms with E-state index in [1.54, 1.807) is 11.0 Å². The van der Waals surface area contributed by atoms with Crippen molar-refractivity contribution in [1.29, 1.82) is 0 Å². The summed E-state index contributed by atoms with van der Waals surface area (Å²) in [6, 6.07) is 0. The Hall–Kier alpha value is -1.96. The van der Waals surface area contributed by atoms with E-state index >= 15 is 0 Å². The summed E-state index contributed by atoms with van der Waals surface area (Å²) in [5.41, 5.74) is 0. The fourth-order valence-corrected chi connectivity index (χ4v) is 3.82. The second kappa shape index (κ2) is 9.12. The lowest BCUT2D eigenvalue weighted by Gasteiger charge is -2.35. The standard InChI is InChI=1S/C18H30N6O2/c1-2-21-9-11-23(12-10-21)17(25)4-3-16-5-7-22(8-6-16)18(26)13-24-15-19-14-20-24/h14-16H,2-13H2,1H3. The molecule has 8 heteroatoms. The molecule has 0 unspecified atom stereocenters. The number of carbonyl (C=O) groups excluding carboxylic acids is 2. The number of piperazine rings is 1. The summed E-state index contributed by atoms with van der Waals surface area (Å²) in [6.07, 6.45) is 6.57. The summed E-state index contributed by atoms with van der Waals surface area (Å²) in [7, 11) is 0. The second-order valence-corrected chi connectivity index (χ2v) is 7.27. The minimum absolute atomic E-state index is 0.0961. The minimum atomic E-state index is 0.0961. The topological polar surface area (TPSA) is 74.6 Å². The van der Waals surface area contributed by atoms with Crippen molar-refractivity contribution >= 4 is 11.8 Å². The monoisotopic (exact) mass is 362 g/mol. The highest BCUT2D eigenvalue weighted by Gasteiger charge is 2.25. The predicted octanol–water partition coefficient (Wildman–Crippen LogP) is 0.461. The molecule has 3 heterocycles.